The number of fused-ring (bicyclic) bond motifs is 1. The summed E-state index contributed by atoms with van der Waals surface area (Å²) in [4.78, 5) is 33.3. The molecule has 0 saturated carbocycles. The molecule has 2 atom stereocenters. The molecule has 0 radical (unpaired) electrons. The van der Waals surface area contributed by atoms with Crippen LogP contribution < -0.4 is 10.9 Å². The molecule has 0 fully saturated rings. The highest BCUT2D eigenvalue weighted by Gasteiger charge is 2.30. The van der Waals surface area contributed by atoms with Crippen molar-refractivity contribution in [2.75, 3.05) is 5.32 Å². The molecule has 1 N–H and O–H groups in total. The number of hydrogen-bond donors (Lipinski definition) is 1. The first kappa shape index (κ1) is 24.6. The van der Waals surface area contributed by atoms with Crippen molar-refractivity contribution in [3.05, 3.63) is 69.5 Å². The van der Waals surface area contributed by atoms with Crippen LogP contribution in [0.1, 0.15) is 62.8 Å². The topological polar surface area (TPSA) is 76.9 Å². The van der Waals surface area contributed by atoms with Gasteiger partial charge in [-0.05, 0) is 44.7 Å². The number of rotatable bonds is 6. The first-order valence-electron chi connectivity index (χ1n) is 11.5. The van der Waals surface area contributed by atoms with E-state index in [4.69, 9.17) is 0 Å². The normalized spacial score (nSPS) is 17.2. The number of anilines is 1. The molecule has 0 bridgehead atoms. The molecular weight excluding hydrogens is 457 g/mol. The monoisotopic (exact) mass is 484 g/mol. The summed E-state index contributed by atoms with van der Waals surface area (Å²) in [5.74, 6) is -3.84. The van der Waals surface area contributed by atoms with E-state index in [-0.39, 0.29) is 22.8 Å². The summed E-state index contributed by atoms with van der Waals surface area (Å²) in [6.45, 7) is 3.89. The number of aromatic nitrogens is 3. The van der Waals surface area contributed by atoms with E-state index in [1.165, 1.54) is 23.0 Å². The molecule has 0 amide bonds. The van der Waals surface area contributed by atoms with Gasteiger partial charge >= 0.3 is 0 Å². The van der Waals surface area contributed by atoms with Crippen LogP contribution >= 0.6 is 0 Å². The molecule has 1 aromatic carbocycles. The summed E-state index contributed by atoms with van der Waals surface area (Å²) in [5.41, 5.74) is 0.922. The smallest absolute Gasteiger partial charge is 0.273 e. The van der Waals surface area contributed by atoms with E-state index in [1.54, 1.807) is 27.0 Å². The lowest BCUT2D eigenvalue weighted by atomic mass is 9.85. The van der Waals surface area contributed by atoms with E-state index in [1.807, 2.05) is 6.08 Å². The zero-order chi connectivity index (χ0) is 25.5. The Bertz CT molecular complexity index is 1390. The van der Waals surface area contributed by atoms with E-state index in [9.17, 15) is 22.8 Å². The number of Topliss-reactive ketones (excluding diaryl/α,β-unsaturated/α-hetero) is 1. The maximum atomic E-state index is 14.9. The predicted molar refractivity (Wildman–Crippen MR) is 129 cm³/mol. The van der Waals surface area contributed by atoms with Gasteiger partial charge in [0.15, 0.2) is 0 Å². The van der Waals surface area contributed by atoms with Crippen molar-refractivity contribution >= 4 is 28.2 Å². The van der Waals surface area contributed by atoms with Crippen molar-refractivity contribution in [1.29, 1.82) is 0 Å². The van der Waals surface area contributed by atoms with Crippen LogP contribution in [0.25, 0.3) is 16.6 Å². The maximum Gasteiger partial charge on any atom is 0.273 e. The molecule has 35 heavy (non-hydrogen) atoms. The van der Waals surface area contributed by atoms with Crippen LogP contribution in [0.5, 0.6) is 0 Å². The van der Waals surface area contributed by atoms with E-state index in [2.05, 4.69) is 15.3 Å². The van der Waals surface area contributed by atoms with Gasteiger partial charge < -0.3 is 5.32 Å². The molecule has 1 aliphatic carbocycles. The number of carbonyl (C=O) groups excluding carboxylic acids is 1. The molecule has 4 rings (SSSR count). The van der Waals surface area contributed by atoms with Gasteiger partial charge in [-0.3, -0.25) is 14.2 Å². The summed E-state index contributed by atoms with van der Waals surface area (Å²) in [7, 11) is 1.61. The Morgan fingerprint density at radius 2 is 2.03 bits per heavy atom. The number of nitrogens with one attached hydrogen (secondary N) is 1. The van der Waals surface area contributed by atoms with Crippen LogP contribution in [0.3, 0.4) is 0 Å². The molecule has 1 unspecified atom stereocenters. The van der Waals surface area contributed by atoms with Gasteiger partial charge in [0, 0.05) is 31.0 Å². The molecule has 0 aliphatic heterocycles. The standard InChI is InChI=1S/C26H27F3N4O2/c1-14(18-6-5-7-21(22(18)27)26(3,28)29)32-23-20-12-19(17-10-8-16(9-11-17)15(2)34)25(35)33(4)24(20)31-13-30-23/h5-7,10,12-14,16H,8-9,11H2,1-4H3,(H,30,31,32)/t14-,16?/m1/s1. The Balaban J connectivity index is 1.75. The maximum absolute atomic E-state index is 14.9. The Hall–Kier alpha value is -3.49. The SMILES string of the molecule is CC(=O)C1CC=C(c2cc3c(N[C@H](C)c4cccc(C(C)(F)F)c4F)ncnc3n(C)c2=O)CC1. The average Bonchev–Trinajstić information content (AvgIpc) is 2.81. The summed E-state index contributed by atoms with van der Waals surface area (Å²) in [6, 6.07) is 4.93. The van der Waals surface area contributed by atoms with Crippen LogP contribution in [0.2, 0.25) is 0 Å². The van der Waals surface area contributed by atoms with E-state index in [0.29, 0.717) is 48.6 Å². The fraction of sp³-hybridized carbons (Fsp3) is 0.385. The molecule has 1 aliphatic rings. The van der Waals surface area contributed by atoms with Crippen molar-refractivity contribution in [3.63, 3.8) is 0 Å². The largest absolute Gasteiger partial charge is 0.363 e. The van der Waals surface area contributed by atoms with Crippen LogP contribution in [0.15, 0.2) is 41.5 Å². The first-order chi connectivity index (χ1) is 16.5. The number of pyridine rings is 1. The van der Waals surface area contributed by atoms with Crippen molar-refractivity contribution < 1.29 is 18.0 Å². The van der Waals surface area contributed by atoms with Crippen LogP contribution in [0.4, 0.5) is 19.0 Å². The summed E-state index contributed by atoms with van der Waals surface area (Å²) < 4.78 is 44.0. The minimum absolute atomic E-state index is 0.0365. The lowest BCUT2D eigenvalue weighted by Gasteiger charge is -2.22. The number of ketones is 1. The van der Waals surface area contributed by atoms with E-state index < -0.39 is 23.3 Å². The number of alkyl halides is 2. The molecular formula is C26H27F3N4O2. The highest BCUT2D eigenvalue weighted by atomic mass is 19.3. The van der Waals surface area contributed by atoms with Gasteiger partial charge in [0.25, 0.3) is 11.5 Å². The predicted octanol–water partition coefficient (Wildman–Crippen LogP) is 5.52. The van der Waals surface area contributed by atoms with Gasteiger partial charge in [-0.15, -0.1) is 0 Å². The highest BCUT2D eigenvalue weighted by Crippen LogP contribution is 2.34. The van der Waals surface area contributed by atoms with Crippen LogP contribution in [-0.2, 0) is 17.8 Å². The molecule has 2 aromatic heterocycles. The fourth-order valence-electron chi connectivity index (χ4n) is 4.57. The number of benzene rings is 1. The number of allylic oxidation sites excluding steroid dienone is 2. The van der Waals surface area contributed by atoms with Crippen molar-refractivity contribution in [2.24, 2.45) is 13.0 Å². The van der Waals surface area contributed by atoms with Gasteiger partial charge in [0.2, 0.25) is 0 Å². The van der Waals surface area contributed by atoms with Crippen LogP contribution in [0, 0.1) is 11.7 Å². The summed E-state index contributed by atoms with van der Waals surface area (Å²) in [5, 5.41) is 3.65. The second-order valence-corrected chi connectivity index (χ2v) is 9.16. The lowest BCUT2D eigenvalue weighted by molar-refractivity contribution is -0.120. The molecule has 0 saturated heterocycles. The summed E-state index contributed by atoms with van der Waals surface area (Å²) >= 11 is 0. The third kappa shape index (κ3) is 4.72. The van der Waals surface area contributed by atoms with Gasteiger partial charge in [0.05, 0.1) is 17.0 Å². The Labute approximate surface area is 200 Å². The lowest BCUT2D eigenvalue weighted by Crippen LogP contribution is -2.24. The number of hydrogen-bond acceptors (Lipinski definition) is 5. The number of carbonyl (C=O) groups is 1. The number of nitrogens with zero attached hydrogens (tertiary/aromatic N) is 3. The molecule has 0 spiro atoms. The zero-order valence-corrected chi connectivity index (χ0v) is 20.0. The molecule has 184 valence electrons. The number of halogens is 3. The quantitative estimate of drug-likeness (QED) is 0.498. The second-order valence-electron chi connectivity index (χ2n) is 9.16. The summed E-state index contributed by atoms with van der Waals surface area (Å²) in [6.07, 6.45) is 5.08. The van der Waals surface area contributed by atoms with Gasteiger partial charge in [-0.1, -0.05) is 24.3 Å². The van der Waals surface area contributed by atoms with Crippen molar-refractivity contribution in [1.82, 2.24) is 14.5 Å². The second kappa shape index (κ2) is 9.28. The van der Waals surface area contributed by atoms with Gasteiger partial charge in [-0.25, -0.2) is 23.1 Å². The van der Waals surface area contributed by atoms with Crippen molar-refractivity contribution in [3.8, 4) is 0 Å². The number of aryl methyl sites for hydroxylation is 1. The third-order valence-electron chi connectivity index (χ3n) is 6.66. The molecule has 3 aromatic rings. The highest BCUT2D eigenvalue weighted by molar-refractivity contribution is 5.89. The minimum Gasteiger partial charge on any atom is -0.363 e. The van der Waals surface area contributed by atoms with E-state index >= 15 is 0 Å². The molecule has 2 heterocycles. The zero-order valence-electron chi connectivity index (χ0n) is 20.0. The Morgan fingerprint density at radius 1 is 1.29 bits per heavy atom. The minimum atomic E-state index is -3.32. The molecule has 9 heteroatoms. The fourth-order valence-corrected chi connectivity index (χ4v) is 4.57. The Morgan fingerprint density at radius 3 is 2.66 bits per heavy atom. The van der Waals surface area contributed by atoms with Gasteiger partial charge in [-0.2, -0.15) is 0 Å². The van der Waals surface area contributed by atoms with Crippen molar-refractivity contribution in [2.45, 2.75) is 52.0 Å². The average molecular weight is 485 g/mol. The van der Waals surface area contributed by atoms with E-state index in [0.717, 1.165) is 11.6 Å². The molecule has 6 nitrogen and oxygen atoms in total. The van der Waals surface area contributed by atoms with Gasteiger partial charge in [0.1, 0.15) is 29.4 Å². The van der Waals surface area contributed by atoms with Crippen LogP contribution in [-0.4, -0.2) is 20.3 Å². The third-order valence-corrected chi connectivity index (χ3v) is 6.66. The first-order valence-corrected chi connectivity index (χ1v) is 11.5. The Kier molecular flexibility index (Phi) is 6.53.